The Hall–Kier alpha value is -2.89. The summed E-state index contributed by atoms with van der Waals surface area (Å²) in [6.45, 7) is 1.43. The number of anilines is 1. The van der Waals surface area contributed by atoms with Gasteiger partial charge in [-0.25, -0.2) is 4.79 Å². The van der Waals surface area contributed by atoms with Gasteiger partial charge < -0.3 is 15.8 Å². The second-order valence-electron chi connectivity index (χ2n) is 5.11. The number of amides is 2. The van der Waals surface area contributed by atoms with Crippen LogP contribution in [0.1, 0.15) is 41.8 Å². The molecule has 0 saturated carbocycles. The van der Waals surface area contributed by atoms with E-state index in [-0.39, 0.29) is 21.0 Å². The first-order valence-electron chi connectivity index (χ1n) is 6.91. The van der Waals surface area contributed by atoms with Gasteiger partial charge >= 0.3 is 12.1 Å². The van der Waals surface area contributed by atoms with E-state index < -0.39 is 35.3 Å². The molecule has 140 valence electrons. The molecule has 0 spiro atoms. The largest absolute Gasteiger partial charge is 0.465 e. The van der Waals surface area contributed by atoms with Gasteiger partial charge in [-0.3, -0.25) is 14.3 Å². The zero-order valence-electron chi connectivity index (χ0n) is 13.7. The average molecular weight is 390 g/mol. The molecule has 0 radical (unpaired) electrons. The monoisotopic (exact) mass is 390 g/mol. The van der Waals surface area contributed by atoms with Gasteiger partial charge in [0, 0.05) is 13.1 Å². The molecule has 0 saturated heterocycles. The normalized spacial score (nSPS) is 11.3. The summed E-state index contributed by atoms with van der Waals surface area (Å²) in [6.07, 6.45) is -4.68. The van der Waals surface area contributed by atoms with Crippen LogP contribution in [0.4, 0.5) is 18.2 Å². The molecule has 2 amide bonds. The Kier molecular flexibility index (Phi) is 5.07. The highest BCUT2D eigenvalue weighted by molar-refractivity contribution is 7.18. The first-order chi connectivity index (χ1) is 12.0. The number of nitrogens with one attached hydrogen (secondary N) is 1. The van der Waals surface area contributed by atoms with Crippen molar-refractivity contribution in [1.82, 2.24) is 9.78 Å². The maximum Gasteiger partial charge on any atom is 0.433 e. The topological polar surface area (TPSA) is 116 Å². The Morgan fingerprint density at radius 3 is 2.42 bits per heavy atom. The Morgan fingerprint density at radius 2 is 1.96 bits per heavy atom. The van der Waals surface area contributed by atoms with E-state index in [1.165, 1.54) is 6.92 Å². The second-order valence-corrected chi connectivity index (χ2v) is 6.13. The first-order valence-corrected chi connectivity index (χ1v) is 7.73. The van der Waals surface area contributed by atoms with Gasteiger partial charge in [0.25, 0.3) is 11.8 Å². The van der Waals surface area contributed by atoms with Crippen LogP contribution in [0.2, 0.25) is 0 Å². The lowest BCUT2D eigenvalue weighted by Gasteiger charge is -2.04. The Labute approximate surface area is 148 Å². The fourth-order valence-electron chi connectivity index (χ4n) is 2.20. The van der Waals surface area contributed by atoms with Crippen LogP contribution in [-0.4, -0.2) is 34.7 Å². The van der Waals surface area contributed by atoms with Gasteiger partial charge in [0.2, 0.25) is 0 Å². The number of esters is 1. The fraction of sp³-hybridized carbons (Fsp3) is 0.286. The molecule has 0 aromatic carbocycles. The highest BCUT2D eigenvalue weighted by Gasteiger charge is 2.36. The number of nitrogens with two attached hydrogens (primary N) is 1. The lowest BCUT2D eigenvalue weighted by Crippen LogP contribution is -2.15. The van der Waals surface area contributed by atoms with Crippen LogP contribution in [0, 0.1) is 6.92 Å². The van der Waals surface area contributed by atoms with E-state index in [9.17, 15) is 27.6 Å². The number of carbonyl (C=O) groups excluding carboxylic acids is 3. The minimum Gasteiger partial charge on any atom is -0.465 e. The van der Waals surface area contributed by atoms with Gasteiger partial charge in [-0.15, -0.1) is 11.3 Å². The number of carbonyl (C=O) groups is 3. The molecule has 3 N–H and O–H groups in total. The van der Waals surface area contributed by atoms with E-state index in [4.69, 9.17) is 5.73 Å². The molecule has 12 heteroatoms. The number of rotatable bonds is 4. The minimum absolute atomic E-state index is 0.0118. The number of thiophene rings is 1. The summed E-state index contributed by atoms with van der Waals surface area (Å²) in [7, 11) is 2.14. The van der Waals surface area contributed by atoms with Crippen LogP contribution >= 0.6 is 11.3 Å². The predicted octanol–water partition coefficient (Wildman–Crippen LogP) is 1.95. The molecule has 2 aromatic heterocycles. The van der Waals surface area contributed by atoms with Crippen LogP contribution in [0.3, 0.4) is 0 Å². The lowest BCUT2D eigenvalue weighted by molar-refractivity contribution is -0.143. The van der Waals surface area contributed by atoms with E-state index in [1.54, 1.807) is 0 Å². The Balaban J connectivity index is 2.42. The predicted molar refractivity (Wildman–Crippen MR) is 85.1 cm³/mol. The summed E-state index contributed by atoms with van der Waals surface area (Å²) in [5.41, 5.74) is 3.68. The first kappa shape index (κ1) is 19.4. The third-order valence-electron chi connectivity index (χ3n) is 3.39. The molecule has 0 bridgehead atoms. The van der Waals surface area contributed by atoms with Crippen LogP contribution < -0.4 is 11.1 Å². The second kappa shape index (κ2) is 6.78. The minimum atomic E-state index is -4.68. The van der Waals surface area contributed by atoms with Crippen molar-refractivity contribution >= 4 is 34.1 Å². The molecule has 0 atom stereocenters. The van der Waals surface area contributed by atoms with Gasteiger partial charge in [0.05, 0.1) is 17.6 Å². The van der Waals surface area contributed by atoms with Crippen LogP contribution in [0.15, 0.2) is 6.07 Å². The quantitative estimate of drug-likeness (QED) is 0.774. The van der Waals surface area contributed by atoms with Gasteiger partial charge in [-0.2, -0.15) is 18.3 Å². The average Bonchev–Trinajstić information content (AvgIpc) is 3.07. The van der Waals surface area contributed by atoms with E-state index >= 15 is 0 Å². The number of ether oxygens (including phenoxy) is 1. The van der Waals surface area contributed by atoms with Crippen molar-refractivity contribution in [2.75, 3.05) is 12.4 Å². The van der Waals surface area contributed by atoms with E-state index in [2.05, 4.69) is 15.2 Å². The molecule has 0 fully saturated rings. The van der Waals surface area contributed by atoms with Crippen LogP contribution in [0.25, 0.3) is 0 Å². The SMILES string of the molecule is COC(=O)c1c(NC(=O)c2cc(C(F)(F)F)n(C)n2)sc(C(N)=O)c1C. The van der Waals surface area contributed by atoms with E-state index in [0.717, 1.165) is 14.2 Å². The van der Waals surface area contributed by atoms with Crippen molar-refractivity contribution in [3.05, 3.63) is 33.5 Å². The summed E-state index contributed by atoms with van der Waals surface area (Å²) in [4.78, 5) is 35.6. The zero-order valence-corrected chi connectivity index (χ0v) is 14.5. The summed E-state index contributed by atoms with van der Waals surface area (Å²) < 4.78 is 43.6. The number of halogens is 3. The van der Waals surface area contributed by atoms with Crippen LogP contribution in [-0.2, 0) is 18.0 Å². The van der Waals surface area contributed by atoms with E-state index in [1.807, 2.05) is 0 Å². The molecule has 0 unspecified atom stereocenters. The third kappa shape index (κ3) is 3.54. The number of primary amides is 1. The van der Waals surface area contributed by atoms with Gasteiger partial charge in [-0.1, -0.05) is 0 Å². The molecule has 2 rings (SSSR count). The smallest absolute Gasteiger partial charge is 0.433 e. The number of aromatic nitrogens is 2. The molecule has 8 nitrogen and oxygen atoms in total. The molecule has 26 heavy (non-hydrogen) atoms. The van der Waals surface area contributed by atoms with Gasteiger partial charge in [0.1, 0.15) is 10.7 Å². The molecular weight excluding hydrogens is 377 g/mol. The third-order valence-corrected chi connectivity index (χ3v) is 4.61. The molecule has 2 heterocycles. The van der Waals surface area contributed by atoms with Gasteiger partial charge in [-0.05, 0) is 12.5 Å². The number of alkyl halides is 3. The Morgan fingerprint density at radius 1 is 1.35 bits per heavy atom. The van der Waals surface area contributed by atoms with E-state index in [0.29, 0.717) is 22.1 Å². The lowest BCUT2D eigenvalue weighted by atomic mass is 10.1. The van der Waals surface area contributed by atoms with Crippen molar-refractivity contribution in [3.63, 3.8) is 0 Å². The van der Waals surface area contributed by atoms with Crippen molar-refractivity contribution in [2.45, 2.75) is 13.1 Å². The molecule has 0 aliphatic carbocycles. The molecular formula is C14H13F3N4O4S. The summed E-state index contributed by atoms with van der Waals surface area (Å²) >= 11 is 0.713. The number of hydrogen-bond acceptors (Lipinski definition) is 6. The molecule has 2 aromatic rings. The van der Waals surface area contributed by atoms with Crippen molar-refractivity contribution in [3.8, 4) is 0 Å². The highest BCUT2D eigenvalue weighted by atomic mass is 32.1. The maximum atomic E-state index is 12.8. The fourth-order valence-corrected chi connectivity index (χ4v) is 3.24. The standard InChI is InChI=1S/C14H13F3N4O4S/c1-5-8(13(24)25-3)12(26-9(5)10(18)22)19-11(23)6-4-7(14(15,16)17)21(2)20-6/h4H,1-3H3,(H2,18,22)(H,19,23). The summed E-state index contributed by atoms with van der Waals surface area (Å²) in [6, 6.07) is 0.572. The van der Waals surface area contributed by atoms with Crippen molar-refractivity contribution < 1.29 is 32.3 Å². The number of aryl methyl sites for hydroxylation is 1. The van der Waals surface area contributed by atoms with Crippen molar-refractivity contribution in [1.29, 1.82) is 0 Å². The van der Waals surface area contributed by atoms with Crippen LogP contribution in [0.5, 0.6) is 0 Å². The zero-order chi connectivity index (χ0) is 19.8. The molecule has 0 aliphatic heterocycles. The summed E-state index contributed by atoms with van der Waals surface area (Å²) in [5.74, 6) is -2.65. The Bertz CT molecular complexity index is 901. The van der Waals surface area contributed by atoms with Crippen molar-refractivity contribution in [2.24, 2.45) is 12.8 Å². The molecule has 0 aliphatic rings. The number of hydrogen-bond donors (Lipinski definition) is 2. The highest BCUT2D eigenvalue weighted by Crippen LogP contribution is 2.34. The van der Waals surface area contributed by atoms with Gasteiger partial charge in [0.15, 0.2) is 5.69 Å². The number of nitrogens with zero attached hydrogens (tertiary/aromatic N) is 2. The number of methoxy groups -OCH3 is 1. The maximum absolute atomic E-state index is 12.8. The summed E-state index contributed by atoms with van der Waals surface area (Å²) in [5, 5.41) is 5.72.